The van der Waals surface area contributed by atoms with Gasteiger partial charge in [0.2, 0.25) is 0 Å². The average Bonchev–Trinajstić information content (AvgIpc) is 2.78. The van der Waals surface area contributed by atoms with Gasteiger partial charge in [-0.1, -0.05) is 18.2 Å². The summed E-state index contributed by atoms with van der Waals surface area (Å²) in [6.45, 7) is 1.50. The van der Waals surface area contributed by atoms with Crippen molar-refractivity contribution in [1.29, 1.82) is 0 Å². The van der Waals surface area contributed by atoms with Crippen molar-refractivity contribution in [1.82, 2.24) is 9.55 Å². The number of imidazole rings is 1. The quantitative estimate of drug-likeness (QED) is 0.848. The van der Waals surface area contributed by atoms with Crippen LogP contribution in [-0.4, -0.2) is 23.2 Å². The second-order valence-electron chi connectivity index (χ2n) is 4.22. The number of methoxy groups -OCH3 is 1. The highest BCUT2D eigenvalue weighted by atomic mass is 16.5. The molecule has 1 heterocycles. The number of rotatable bonds is 6. The monoisotopic (exact) mass is 245 g/mol. The maximum atomic E-state index is 5.18. The minimum Gasteiger partial charge on any atom is -0.384 e. The van der Waals surface area contributed by atoms with E-state index in [1.807, 2.05) is 36.1 Å². The molecule has 0 aliphatic heterocycles. The van der Waals surface area contributed by atoms with Crippen molar-refractivity contribution >= 4 is 5.69 Å². The number of nitrogens with zero attached hydrogens (tertiary/aromatic N) is 2. The molecule has 2 aromatic rings. The molecule has 4 nitrogen and oxygen atoms in total. The van der Waals surface area contributed by atoms with Crippen molar-refractivity contribution in [2.45, 2.75) is 13.0 Å². The highest BCUT2D eigenvalue weighted by Crippen LogP contribution is 2.15. The normalized spacial score (nSPS) is 10.6. The maximum Gasteiger partial charge on any atom is 0.110 e. The van der Waals surface area contributed by atoms with Crippen LogP contribution in [0.5, 0.6) is 0 Å². The van der Waals surface area contributed by atoms with E-state index in [4.69, 9.17) is 4.74 Å². The first-order valence-corrected chi connectivity index (χ1v) is 6.08. The van der Waals surface area contributed by atoms with E-state index < -0.39 is 0 Å². The van der Waals surface area contributed by atoms with Gasteiger partial charge in [-0.05, 0) is 6.07 Å². The van der Waals surface area contributed by atoms with Gasteiger partial charge < -0.3 is 14.6 Å². The number of ether oxygens (including phenoxy) is 1. The van der Waals surface area contributed by atoms with Crippen LogP contribution in [0.4, 0.5) is 5.69 Å². The van der Waals surface area contributed by atoms with E-state index in [1.165, 1.54) is 5.56 Å². The van der Waals surface area contributed by atoms with Gasteiger partial charge in [0.1, 0.15) is 5.82 Å². The fourth-order valence-electron chi connectivity index (χ4n) is 1.92. The molecule has 0 bridgehead atoms. The predicted octanol–water partition coefficient (Wildman–Crippen LogP) is 2.22. The molecule has 0 atom stereocenters. The zero-order chi connectivity index (χ0) is 12.8. The summed E-state index contributed by atoms with van der Waals surface area (Å²) in [5.41, 5.74) is 2.31. The first-order chi connectivity index (χ1) is 8.81. The van der Waals surface area contributed by atoms with Gasteiger partial charge in [-0.15, -0.1) is 0 Å². The van der Waals surface area contributed by atoms with Crippen molar-refractivity contribution in [3.63, 3.8) is 0 Å². The summed E-state index contributed by atoms with van der Waals surface area (Å²) >= 11 is 0. The molecule has 1 aromatic heterocycles. The van der Waals surface area contributed by atoms with E-state index in [9.17, 15) is 0 Å². The summed E-state index contributed by atoms with van der Waals surface area (Å²) in [6.07, 6.45) is 4.70. The third kappa shape index (κ3) is 3.11. The van der Waals surface area contributed by atoms with Crippen LogP contribution in [0.25, 0.3) is 0 Å². The lowest BCUT2D eigenvalue weighted by molar-refractivity contribution is 0.185. The van der Waals surface area contributed by atoms with Gasteiger partial charge >= 0.3 is 0 Å². The first-order valence-electron chi connectivity index (χ1n) is 6.08. The predicted molar refractivity (Wildman–Crippen MR) is 72.6 cm³/mol. The van der Waals surface area contributed by atoms with Crippen LogP contribution in [-0.2, 0) is 24.8 Å². The molecule has 0 radical (unpaired) electrons. The third-order valence-electron chi connectivity index (χ3n) is 2.90. The van der Waals surface area contributed by atoms with Gasteiger partial charge in [-0.3, -0.25) is 0 Å². The number of para-hydroxylation sites is 1. The summed E-state index contributed by atoms with van der Waals surface area (Å²) in [5.74, 6) is 1.09. The molecule has 0 spiro atoms. The second kappa shape index (κ2) is 6.21. The molecular weight excluding hydrogens is 226 g/mol. The number of hydrogen-bond donors (Lipinski definition) is 1. The standard InChI is InChI=1S/C14H19N3O/c1-17-10-9-16-14(17)7-8-15-13-6-4-3-5-12(13)11-18-2/h3-6,9-10,15H,7-8,11H2,1-2H3. The highest BCUT2D eigenvalue weighted by Gasteiger charge is 2.02. The fourth-order valence-corrected chi connectivity index (χ4v) is 1.92. The highest BCUT2D eigenvalue weighted by molar-refractivity contribution is 5.50. The Balaban J connectivity index is 1.92. The van der Waals surface area contributed by atoms with E-state index in [0.717, 1.165) is 24.5 Å². The third-order valence-corrected chi connectivity index (χ3v) is 2.90. The lowest BCUT2D eigenvalue weighted by atomic mass is 10.2. The van der Waals surface area contributed by atoms with Gasteiger partial charge in [-0.2, -0.15) is 0 Å². The summed E-state index contributed by atoms with van der Waals surface area (Å²) in [7, 11) is 3.73. The SMILES string of the molecule is COCc1ccccc1NCCc1nccn1C. The van der Waals surface area contributed by atoms with Gasteiger partial charge in [0, 0.05) is 50.8 Å². The molecule has 0 unspecified atom stereocenters. The van der Waals surface area contributed by atoms with Crippen molar-refractivity contribution in [2.24, 2.45) is 7.05 Å². The fraction of sp³-hybridized carbons (Fsp3) is 0.357. The van der Waals surface area contributed by atoms with Gasteiger partial charge in [0.05, 0.1) is 6.61 Å². The van der Waals surface area contributed by atoms with Crippen molar-refractivity contribution < 1.29 is 4.74 Å². The van der Waals surface area contributed by atoms with Crippen LogP contribution in [0.15, 0.2) is 36.7 Å². The molecule has 0 amide bonds. The van der Waals surface area contributed by atoms with E-state index in [0.29, 0.717) is 6.61 Å². The maximum absolute atomic E-state index is 5.18. The van der Waals surface area contributed by atoms with Crippen molar-refractivity contribution in [3.8, 4) is 0 Å². The van der Waals surface area contributed by atoms with Gasteiger partial charge in [0.15, 0.2) is 0 Å². The molecule has 1 aromatic carbocycles. The Morgan fingerprint density at radius 1 is 1.33 bits per heavy atom. The van der Waals surface area contributed by atoms with Crippen LogP contribution >= 0.6 is 0 Å². The lowest BCUT2D eigenvalue weighted by Crippen LogP contribution is -2.10. The zero-order valence-corrected chi connectivity index (χ0v) is 10.9. The Morgan fingerprint density at radius 2 is 2.17 bits per heavy atom. The van der Waals surface area contributed by atoms with Crippen LogP contribution in [0, 0.1) is 0 Å². The van der Waals surface area contributed by atoms with Crippen LogP contribution in [0.3, 0.4) is 0 Å². The van der Waals surface area contributed by atoms with E-state index in [1.54, 1.807) is 7.11 Å². The molecule has 0 saturated carbocycles. The molecule has 0 fully saturated rings. The molecule has 4 heteroatoms. The van der Waals surface area contributed by atoms with E-state index in [-0.39, 0.29) is 0 Å². The van der Waals surface area contributed by atoms with Gasteiger partial charge in [-0.25, -0.2) is 4.98 Å². The summed E-state index contributed by atoms with van der Waals surface area (Å²) in [4.78, 5) is 4.30. The number of aromatic nitrogens is 2. The summed E-state index contributed by atoms with van der Waals surface area (Å²) in [6, 6.07) is 8.21. The molecular formula is C14H19N3O. The van der Waals surface area contributed by atoms with Gasteiger partial charge in [0.25, 0.3) is 0 Å². The van der Waals surface area contributed by atoms with Crippen LogP contribution in [0.2, 0.25) is 0 Å². The summed E-state index contributed by atoms with van der Waals surface area (Å²) < 4.78 is 7.23. The van der Waals surface area contributed by atoms with E-state index >= 15 is 0 Å². The second-order valence-corrected chi connectivity index (χ2v) is 4.22. The Morgan fingerprint density at radius 3 is 2.89 bits per heavy atom. The Bertz CT molecular complexity index is 493. The minimum absolute atomic E-state index is 0.631. The number of anilines is 1. The number of hydrogen-bond acceptors (Lipinski definition) is 3. The number of benzene rings is 1. The Hall–Kier alpha value is -1.81. The van der Waals surface area contributed by atoms with Crippen LogP contribution < -0.4 is 5.32 Å². The smallest absolute Gasteiger partial charge is 0.110 e. The van der Waals surface area contributed by atoms with Crippen LogP contribution in [0.1, 0.15) is 11.4 Å². The topological polar surface area (TPSA) is 39.1 Å². The average molecular weight is 245 g/mol. The van der Waals surface area contributed by atoms with E-state index in [2.05, 4.69) is 22.4 Å². The molecule has 0 aliphatic rings. The minimum atomic E-state index is 0.631. The molecule has 96 valence electrons. The molecule has 0 saturated heterocycles. The molecule has 0 aliphatic carbocycles. The largest absolute Gasteiger partial charge is 0.384 e. The number of aryl methyl sites for hydroxylation is 1. The molecule has 1 N–H and O–H groups in total. The molecule has 2 rings (SSSR count). The Labute approximate surface area is 108 Å². The summed E-state index contributed by atoms with van der Waals surface area (Å²) in [5, 5.41) is 3.43. The van der Waals surface area contributed by atoms with Crippen molar-refractivity contribution in [3.05, 3.63) is 48.0 Å². The Kier molecular flexibility index (Phi) is 4.36. The van der Waals surface area contributed by atoms with Crippen molar-refractivity contribution in [2.75, 3.05) is 19.0 Å². The lowest BCUT2D eigenvalue weighted by Gasteiger charge is -2.11. The first kappa shape index (κ1) is 12.6. The zero-order valence-electron chi connectivity index (χ0n) is 10.9. The molecule has 18 heavy (non-hydrogen) atoms. The number of nitrogens with one attached hydrogen (secondary N) is 1.